The predicted octanol–water partition coefficient (Wildman–Crippen LogP) is 2.73. The first-order valence-corrected chi connectivity index (χ1v) is 7.28. The van der Waals surface area contributed by atoms with E-state index in [1.807, 2.05) is 17.7 Å². The number of tetrazole rings is 1. The molecule has 1 heterocycles. The number of hydrogen-bond acceptors (Lipinski definition) is 4. The van der Waals surface area contributed by atoms with Crippen molar-refractivity contribution in [1.29, 1.82) is 0 Å². The lowest BCUT2D eigenvalue weighted by Crippen LogP contribution is -2.05. The molecule has 0 amide bonds. The highest BCUT2D eigenvalue weighted by Crippen LogP contribution is 2.33. The summed E-state index contributed by atoms with van der Waals surface area (Å²) in [5, 5.41) is 12.1. The second-order valence-corrected chi connectivity index (χ2v) is 5.83. The fourth-order valence-corrected chi connectivity index (χ4v) is 2.59. The van der Waals surface area contributed by atoms with Gasteiger partial charge in [-0.3, -0.25) is 0 Å². The Labute approximate surface area is 119 Å². The van der Waals surface area contributed by atoms with Crippen LogP contribution in [-0.4, -0.2) is 20.2 Å². The van der Waals surface area contributed by atoms with Crippen LogP contribution in [0.15, 0.2) is 12.1 Å². The van der Waals surface area contributed by atoms with Crippen molar-refractivity contribution in [1.82, 2.24) is 20.2 Å². The van der Waals surface area contributed by atoms with Crippen molar-refractivity contribution in [2.75, 3.05) is 5.73 Å². The molecule has 0 atom stereocenters. The molecule has 20 heavy (non-hydrogen) atoms. The number of aromatic nitrogens is 4. The molecule has 0 saturated heterocycles. The Hall–Kier alpha value is -1.91. The molecule has 5 heteroatoms. The lowest BCUT2D eigenvalue weighted by Gasteiger charge is -2.10. The van der Waals surface area contributed by atoms with E-state index in [1.165, 1.54) is 19.3 Å². The molecule has 2 N–H and O–H groups in total. The van der Waals surface area contributed by atoms with E-state index in [1.54, 1.807) is 0 Å². The molecule has 5 nitrogen and oxygen atoms in total. The third-order valence-corrected chi connectivity index (χ3v) is 4.07. The highest BCUT2D eigenvalue weighted by atomic mass is 15.5. The van der Waals surface area contributed by atoms with Gasteiger partial charge in [-0.1, -0.05) is 18.9 Å². The first kappa shape index (κ1) is 13.1. The average molecular weight is 271 g/mol. The summed E-state index contributed by atoms with van der Waals surface area (Å²) in [6.07, 6.45) is 5.23. The van der Waals surface area contributed by atoms with E-state index in [2.05, 4.69) is 28.5 Å². The Bertz CT molecular complexity index is 613. The molecule has 2 aromatic rings. The third-order valence-electron chi connectivity index (χ3n) is 4.07. The lowest BCUT2D eigenvalue weighted by molar-refractivity contribution is 0.526. The first-order chi connectivity index (χ1) is 9.65. The van der Waals surface area contributed by atoms with Crippen LogP contribution in [-0.2, 0) is 6.54 Å². The second-order valence-electron chi connectivity index (χ2n) is 5.83. The highest BCUT2D eigenvalue weighted by molar-refractivity contribution is 5.67. The number of benzene rings is 1. The summed E-state index contributed by atoms with van der Waals surface area (Å²) in [6, 6.07) is 4.07. The van der Waals surface area contributed by atoms with Gasteiger partial charge in [0.15, 0.2) is 5.82 Å². The molecule has 1 saturated carbocycles. The molecule has 1 aromatic carbocycles. The summed E-state index contributed by atoms with van der Waals surface area (Å²) in [6.45, 7) is 4.97. The van der Waals surface area contributed by atoms with Crippen molar-refractivity contribution in [3.63, 3.8) is 0 Å². The molecule has 0 bridgehead atoms. The zero-order valence-electron chi connectivity index (χ0n) is 12.1. The monoisotopic (exact) mass is 271 g/mol. The molecule has 0 aliphatic heterocycles. The maximum absolute atomic E-state index is 6.02. The van der Waals surface area contributed by atoms with Crippen LogP contribution in [0.5, 0.6) is 0 Å². The van der Waals surface area contributed by atoms with Crippen molar-refractivity contribution in [3.05, 3.63) is 23.3 Å². The van der Waals surface area contributed by atoms with Gasteiger partial charge < -0.3 is 5.73 Å². The van der Waals surface area contributed by atoms with Crippen molar-refractivity contribution in [3.8, 4) is 11.4 Å². The van der Waals surface area contributed by atoms with Crippen molar-refractivity contribution in [2.45, 2.75) is 46.1 Å². The molecule has 106 valence electrons. The van der Waals surface area contributed by atoms with Gasteiger partial charge in [0, 0.05) is 17.8 Å². The van der Waals surface area contributed by atoms with Crippen LogP contribution >= 0.6 is 0 Å². The number of nitrogen functional groups attached to an aromatic ring is 1. The van der Waals surface area contributed by atoms with Gasteiger partial charge in [0.1, 0.15) is 0 Å². The smallest absolute Gasteiger partial charge is 0.182 e. The minimum absolute atomic E-state index is 0.790. The van der Waals surface area contributed by atoms with Gasteiger partial charge in [-0.2, -0.15) is 0 Å². The summed E-state index contributed by atoms with van der Waals surface area (Å²) in [7, 11) is 0. The Morgan fingerprint density at radius 1 is 1.25 bits per heavy atom. The summed E-state index contributed by atoms with van der Waals surface area (Å²) in [5.74, 6) is 1.77. The minimum Gasteiger partial charge on any atom is -0.398 e. The van der Waals surface area contributed by atoms with E-state index in [0.717, 1.165) is 47.1 Å². The first-order valence-electron chi connectivity index (χ1n) is 7.28. The molecule has 1 aliphatic carbocycles. The average Bonchev–Trinajstić information content (AvgIpc) is 3.12. The zero-order valence-corrected chi connectivity index (χ0v) is 12.1. The normalized spacial score (nSPS) is 14.7. The molecular formula is C15H21N5. The Morgan fingerprint density at radius 3 is 2.80 bits per heavy atom. The Balaban J connectivity index is 1.82. The molecule has 1 aliphatic rings. The predicted molar refractivity (Wildman–Crippen MR) is 79.1 cm³/mol. The SMILES string of the molecule is Cc1cc(C)c(-c2nnnn2CCCC2CC2)cc1N. The van der Waals surface area contributed by atoms with Crippen LogP contribution in [0.2, 0.25) is 0 Å². The molecule has 1 aromatic heterocycles. The van der Waals surface area contributed by atoms with Gasteiger partial charge in [0.05, 0.1) is 0 Å². The number of anilines is 1. The van der Waals surface area contributed by atoms with Crippen LogP contribution in [0.25, 0.3) is 11.4 Å². The van der Waals surface area contributed by atoms with E-state index >= 15 is 0 Å². The largest absolute Gasteiger partial charge is 0.398 e. The molecule has 0 spiro atoms. The van der Waals surface area contributed by atoms with E-state index in [0.29, 0.717) is 0 Å². The van der Waals surface area contributed by atoms with Crippen molar-refractivity contribution >= 4 is 5.69 Å². The van der Waals surface area contributed by atoms with Crippen LogP contribution in [0.3, 0.4) is 0 Å². The molecule has 3 rings (SSSR count). The van der Waals surface area contributed by atoms with Crippen LogP contribution in [0.4, 0.5) is 5.69 Å². The number of rotatable bonds is 5. The van der Waals surface area contributed by atoms with Crippen LogP contribution < -0.4 is 5.73 Å². The van der Waals surface area contributed by atoms with Gasteiger partial charge in [-0.15, -0.1) is 5.10 Å². The standard InChI is InChI=1S/C15H21N5/c1-10-8-11(2)14(16)9-13(10)15-17-18-19-20(15)7-3-4-12-5-6-12/h8-9,12H,3-7,16H2,1-2H3. The second kappa shape index (κ2) is 5.23. The summed E-state index contributed by atoms with van der Waals surface area (Å²) in [4.78, 5) is 0. The number of aryl methyl sites for hydroxylation is 3. The minimum atomic E-state index is 0.790. The molecule has 1 fully saturated rings. The Kier molecular flexibility index (Phi) is 3.42. The van der Waals surface area contributed by atoms with Crippen molar-refractivity contribution in [2.24, 2.45) is 5.92 Å². The van der Waals surface area contributed by atoms with E-state index in [9.17, 15) is 0 Å². The quantitative estimate of drug-likeness (QED) is 0.849. The summed E-state index contributed by atoms with van der Waals surface area (Å²) in [5.41, 5.74) is 10.1. The van der Waals surface area contributed by atoms with Gasteiger partial charge >= 0.3 is 0 Å². The van der Waals surface area contributed by atoms with Crippen LogP contribution in [0.1, 0.15) is 36.8 Å². The fraction of sp³-hybridized carbons (Fsp3) is 0.533. The Morgan fingerprint density at radius 2 is 2.05 bits per heavy atom. The molecule has 0 unspecified atom stereocenters. The highest BCUT2D eigenvalue weighted by Gasteiger charge is 2.21. The maximum Gasteiger partial charge on any atom is 0.182 e. The lowest BCUT2D eigenvalue weighted by atomic mass is 10.0. The van der Waals surface area contributed by atoms with E-state index in [4.69, 9.17) is 5.73 Å². The van der Waals surface area contributed by atoms with E-state index < -0.39 is 0 Å². The third kappa shape index (κ3) is 2.66. The van der Waals surface area contributed by atoms with Gasteiger partial charge in [-0.05, 0) is 60.2 Å². The molecule has 0 radical (unpaired) electrons. The summed E-state index contributed by atoms with van der Waals surface area (Å²) < 4.78 is 1.90. The van der Waals surface area contributed by atoms with Gasteiger partial charge in [0.2, 0.25) is 0 Å². The van der Waals surface area contributed by atoms with Gasteiger partial charge in [0.25, 0.3) is 0 Å². The van der Waals surface area contributed by atoms with Crippen LogP contribution in [0, 0.1) is 19.8 Å². The number of hydrogen-bond donors (Lipinski definition) is 1. The number of nitrogens with zero attached hydrogens (tertiary/aromatic N) is 4. The van der Waals surface area contributed by atoms with E-state index in [-0.39, 0.29) is 0 Å². The number of nitrogens with two attached hydrogens (primary N) is 1. The topological polar surface area (TPSA) is 69.6 Å². The zero-order chi connectivity index (χ0) is 14.1. The maximum atomic E-state index is 6.02. The summed E-state index contributed by atoms with van der Waals surface area (Å²) >= 11 is 0. The van der Waals surface area contributed by atoms with Gasteiger partial charge in [-0.25, -0.2) is 4.68 Å². The van der Waals surface area contributed by atoms with Crippen molar-refractivity contribution < 1.29 is 0 Å². The fourth-order valence-electron chi connectivity index (χ4n) is 2.59. The molecular weight excluding hydrogens is 250 g/mol.